The fourth-order valence-electron chi connectivity index (χ4n) is 0. The van der Waals surface area contributed by atoms with Crippen LogP contribution in [0, 0.1) is 0 Å². The van der Waals surface area contributed by atoms with Gasteiger partial charge in [-0.2, -0.15) is 0 Å². The molecule has 0 unspecified atom stereocenters. The van der Waals surface area contributed by atoms with Gasteiger partial charge in [-0.1, -0.05) is 0 Å². The molecule has 0 rings (SSSR count). The van der Waals surface area contributed by atoms with Crippen molar-refractivity contribution >= 4 is 31.2 Å². The van der Waals surface area contributed by atoms with Gasteiger partial charge in [-0.25, -0.2) is 0 Å². The van der Waals surface area contributed by atoms with Crippen molar-refractivity contribution in [3.63, 3.8) is 0 Å². The molecule has 0 atom stereocenters. The normalized spacial score (nSPS) is 23.1. The van der Waals surface area contributed by atoms with E-state index in [2.05, 4.69) is 19.9 Å². The molecular weight excluding hydrogens is 222 g/mol. The molecule has 48 valence electrons. The van der Waals surface area contributed by atoms with Gasteiger partial charge in [-0.15, -0.1) is 0 Å². The van der Waals surface area contributed by atoms with Crippen molar-refractivity contribution in [3.8, 4) is 0 Å². The molecule has 0 N–H and O–H groups in total. The zero-order chi connectivity index (χ0) is 6.41. The Morgan fingerprint density at radius 2 is 0.857 bits per heavy atom. The number of hydrogen-bond acceptors (Lipinski definition) is 0. The molecule has 0 aliphatic carbocycles. The molecule has 0 heterocycles. The molecule has 0 amide bonds. The first kappa shape index (κ1) is 7.86. The Morgan fingerprint density at radius 1 is 0.857 bits per heavy atom. The predicted molar refractivity (Wildman–Crippen MR) is 21.9 cm³/mol. The number of hydrogen-bond donors (Lipinski definition) is 0. The molecule has 0 radical (unpaired) electrons. The van der Waals surface area contributed by atoms with E-state index in [4.69, 9.17) is 0 Å². The van der Waals surface area contributed by atoms with Crippen molar-refractivity contribution in [3.05, 3.63) is 0 Å². The van der Waals surface area contributed by atoms with E-state index < -0.39 is 11.3 Å². The SMILES string of the molecule is F[As-](F)(F)(F)(Cl)Cl. The summed E-state index contributed by atoms with van der Waals surface area (Å²) < 4.78 is 43.1. The quantitative estimate of drug-likeness (QED) is 0.436. The first-order valence-corrected chi connectivity index (χ1v) is 8.78. The van der Waals surface area contributed by atoms with Crippen LogP contribution in [-0.4, -0.2) is 11.3 Å². The summed E-state index contributed by atoms with van der Waals surface area (Å²) in [5.74, 6) is 0. The fraction of sp³-hybridized carbons (Fsp3) is 0. The van der Waals surface area contributed by atoms with Crippen LogP contribution in [0.25, 0.3) is 0 Å². The van der Waals surface area contributed by atoms with Crippen LogP contribution in [0.15, 0.2) is 0 Å². The summed E-state index contributed by atoms with van der Waals surface area (Å²) in [4.78, 5) is 0. The van der Waals surface area contributed by atoms with Gasteiger partial charge in [0.25, 0.3) is 0 Å². The molecule has 0 aromatic carbocycles. The third kappa shape index (κ3) is 220. The van der Waals surface area contributed by atoms with Gasteiger partial charge in [0.1, 0.15) is 0 Å². The van der Waals surface area contributed by atoms with E-state index in [1.165, 1.54) is 0 Å². The van der Waals surface area contributed by atoms with Crippen molar-refractivity contribution in [2.45, 2.75) is 0 Å². The van der Waals surface area contributed by atoms with Crippen molar-refractivity contribution in [1.82, 2.24) is 0 Å². The second-order valence-electron chi connectivity index (χ2n) is 0.958. The topological polar surface area (TPSA) is 0 Å². The van der Waals surface area contributed by atoms with E-state index in [0.29, 0.717) is 0 Å². The second kappa shape index (κ2) is 0.936. The van der Waals surface area contributed by atoms with Gasteiger partial charge >= 0.3 is 45.1 Å². The Morgan fingerprint density at radius 3 is 0.857 bits per heavy atom. The van der Waals surface area contributed by atoms with Crippen LogP contribution in [0.1, 0.15) is 0 Å². The van der Waals surface area contributed by atoms with Gasteiger partial charge in [-0.05, 0) is 0 Å². The molecule has 0 aliphatic rings. The van der Waals surface area contributed by atoms with Crippen molar-refractivity contribution in [1.29, 1.82) is 0 Å². The Kier molecular flexibility index (Phi) is 1.05. The Hall–Kier alpha value is 0.858. The molecule has 0 fully saturated rings. The Labute approximate surface area is 45.6 Å². The van der Waals surface area contributed by atoms with Gasteiger partial charge < -0.3 is 0 Å². The monoisotopic (exact) mass is 221 g/mol. The van der Waals surface area contributed by atoms with Crippen LogP contribution in [-0.2, 0) is 0 Å². The van der Waals surface area contributed by atoms with Crippen LogP contribution < -0.4 is 0 Å². The summed E-state index contributed by atoms with van der Waals surface area (Å²) in [6.07, 6.45) is 0. The maximum absolute atomic E-state index is 10.8. The van der Waals surface area contributed by atoms with Crippen molar-refractivity contribution in [2.75, 3.05) is 0 Å². The number of halogens is 6. The Balaban J connectivity index is 4.43. The van der Waals surface area contributed by atoms with Crippen LogP contribution in [0.3, 0.4) is 0 Å². The van der Waals surface area contributed by atoms with Gasteiger partial charge in [0, 0.05) is 0 Å². The average Bonchev–Trinajstić information content (AvgIpc) is 0.592. The second-order valence-corrected chi connectivity index (χ2v) is 12.9. The molecule has 0 saturated carbocycles. The summed E-state index contributed by atoms with van der Waals surface area (Å²) in [5, 5.41) is 0. The number of rotatable bonds is 0. The first-order chi connectivity index (χ1) is 2.45. The van der Waals surface area contributed by atoms with Crippen LogP contribution in [0.2, 0.25) is 0 Å². The van der Waals surface area contributed by atoms with Gasteiger partial charge in [0.15, 0.2) is 0 Å². The third-order valence-electron chi connectivity index (χ3n) is 0. The summed E-state index contributed by atoms with van der Waals surface area (Å²) >= 11 is -9.12. The molecule has 0 aromatic heterocycles. The third-order valence-corrected chi connectivity index (χ3v) is 0. The summed E-state index contributed by atoms with van der Waals surface area (Å²) in [7, 11) is 6.63. The molecule has 7 heavy (non-hydrogen) atoms. The maximum atomic E-state index is 10.8. The Bertz CT molecular complexity index is 68.3. The van der Waals surface area contributed by atoms with E-state index in [-0.39, 0.29) is 0 Å². The van der Waals surface area contributed by atoms with E-state index in [9.17, 15) is 13.9 Å². The summed E-state index contributed by atoms with van der Waals surface area (Å²) in [6.45, 7) is 0. The minimum atomic E-state index is -9.12. The van der Waals surface area contributed by atoms with Gasteiger partial charge in [-0.3, -0.25) is 0 Å². The summed E-state index contributed by atoms with van der Waals surface area (Å²) in [6, 6.07) is 0. The van der Waals surface area contributed by atoms with E-state index in [1.54, 1.807) is 0 Å². The van der Waals surface area contributed by atoms with Crippen molar-refractivity contribution in [2.24, 2.45) is 0 Å². The first-order valence-electron chi connectivity index (χ1n) is 1.01. The van der Waals surface area contributed by atoms with Crippen molar-refractivity contribution < 1.29 is 13.9 Å². The molecule has 0 aliphatic heterocycles. The molecular formula is AsCl2F4-. The molecule has 0 aromatic rings. The molecule has 7 heteroatoms. The average molecular weight is 222 g/mol. The molecule has 0 bridgehead atoms. The summed E-state index contributed by atoms with van der Waals surface area (Å²) in [5.41, 5.74) is 0. The fourth-order valence-corrected chi connectivity index (χ4v) is 0. The van der Waals surface area contributed by atoms with E-state index in [1.807, 2.05) is 0 Å². The van der Waals surface area contributed by atoms with E-state index in [0.717, 1.165) is 0 Å². The molecule has 0 nitrogen and oxygen atoms in total. The molecule has 0 saturated heterocycles. The zero-order valence-corrected chi connectivity index (χ0v) is 6.10. The molecule has 0 spiro atoms. The van der Waals surface area contributed by atoms with Crippen LogP contribution in [0.5, 0.6) is 0 Å². The standard InChI is InChI=1S/AsCl2F4/c2-1(3,4,5,6)7/q-1. The van der Waals surface area contributed by atoms with Crippen LogP contribution in [0.4, 0.5) is 13.9 Å². The van der Waals surface area contributed by atoms with Crippen LogP contribution >= 0.6 is 19.9 Å². The predicted octanol–water partition coefficient (Wildman–Crippen LogP) is 2.68. The van der Waals surface area contributed by atoms with Gasteiger partial charge in [0.05, 0.1) is 0 Å². The minimum absolute atomic E-state index is 3.32. The van der Waals surface area contributed by atoms with Gasteiger partial charge in [0.2, 0.25) is 0 Å². The zero-order valence-electron chi connectivity index (χ0n) is 2.72. The van der Waals surface area contributed by atoms with E-state index >= 15 is 0 Å².